The van der Waals surface area contributed by atoms with Crippen molar-refractivity contribution in [1.29, 1.82) is 0 Å². The summed E-state index contributed by atoms with van der Waals surface area (Å²) in [7, 11) is 6.31. The van der Waals surface area contributed by atoms with Crippen molar-refractivity contribution in [3.63, 3.8) is 0 Å². The van der Waals surface area contributed by atoms with Gasteiger partial charge in [0.15, 0.2) is 17.6 Å². The molecule has 8 N–H and O–H groups in total. The van der Waals surface area contributed by atoms with Crippen LogP contribution in [0.3, 0.4) is 0 Å². The number of methoxy groups -OCH3 is 2. The van der Waals surface area contributed by atoms with Crippen LogP contribution in [0.2, 0.25) is 0 Å². The molecule has 0 amide bonds. The molecular formula is C34H40N2O13. The molecule has 264 valence electrons. The van der Waals surface area contributed by atoms with Crippen molar-refractivity contribution in [2.24, 2.45) is 0 Å². The second-order valence-corrected chi connectivity index (χ2v) is 12.2. The summed E-state index contributed by atoms with van der Waals surface area (Å²) in [6.45, 7) is -0.953. The number of aliphatic hydroxyl groups excluding tert-OH is 4. The third-order valence-corrected chi connectivity index (χ3v) is 9.32. The van der Waals surface area contributed by atoms with Crippen LogP contribution in [0.15, 0.2) is 42.5 Å². The first-order valence-electron chi connectivity index (χ1n) is 15.6. The highest BCUT2D eigenvalue weighted by atomic mass is 16.7. The highest BCUT2D eigenvalue weighted by Gasteiger charge is 2.65. The van der Waals surface area contributed by atoms with E-state index >= 15 is 0 Å². The van der Waals surface area contributed by atoms with E-state index in [4.69, 9.17) is 28.4 Å². The Balaban J connectivity index is 1.50. The average Bonchev–Trinajstić information content (AvgIpc) is 3.49. The molecule has 6 rings (SSSR count). The minimum atomic E-state index is -2.55. The van der Waals surface area contributed by atoms with Crippen LogP contribution >= 0.6 is 0 Å². The molecule has 3 heterocycles. The monoisotopic (exact) mass is 684 g/mol. The lowest BCUT2D eigenvalue weighted by atomic mass is 9.82. The lowest BCUT2D eigenvalue weighted by Gasteiger charge is -2.51. The molecule has 0 aliphatic carbocycles. The van der Waals surface area contributed by atoms with Crippen LogP contribution in [0.4, 0.5) is 0 Å². The number of hydrogen-bond donors (Lipinski definition) is 8. The maximum absolute atomic E-state index is 12.5. The standard InChI is InChI=1S/C34H40N2O13/c1-35-12-17-9-23(44-3)28(45-4)29-24(17)21-13-46-22-11-19(10-20(25(22)27(21)47-29)16-6-5-7-18(38)8-16)48-34(15-37)31(41)26(39)30(40)33(49-34,14-36-2)32(42)43/h5-11,21,26-27,30-31,35-41H,12-15H2,1-4H3,(H,42,43)/t21-,26-,27+,30-,31+,33-,34+/m0/s1. The predicted molar refractivity (Wildman–Crippen MR) is 171 cm³/mol. The Morgan fingerprint density at radius 1 is 1.02 bits per heavy atom. The number of aliphatic carboxylic acids is 1. The summed E-state index contributed by atoms with van der Waals surface area (Å²) in [6.07, 6.45) is -6.89. The van der Waals surface area contributed by atoms with E-state index in [-0.39, 0.29) is 24.0 Å². The zero-order valence-electron chi connectivity index (χ0n) is 27.3. The number of phenols is 1. The first kappa shape index (κ1) is 34.5. The number of ether oxygens (including phenoxy) is 6. The minimum Gasteiger partial charge on any atom is -0.508 e. The molecular weight excluding hydrogens is 644 g/mol. The van der Waals surface area contributed by atoms with Gasteiger partial charge in [-0.25, -0.2) is 4.79 Å². The number of nitrogens with one attached hydrogen (secondary N) is 2. The second kappa shape index (κ2) is 13.2. The van der Waals surface area contributed by atoms with E-state index in [1.54, 1.807) is 25.3 Å². The fourth-order valence-corrected chi connectivity index (χ4v) is 7.07. The first-order chi connectivity index (χ1) is 23.5. The van der Waals surface area contributed by atoms with E-state index < -0.39 is 54.9 Å². The van der Waals surface area contributed by atoms with Crippen LogP contribution < -0.4 is 34.3 Å². The zero-order chi connectivity index (χ0) is 35.2. The average molecular weight is 685 g/mol. The molecule has 3 aliphatic rings. The number of likely N-dealkylation sites (N-methyl/N-ethyl adjacent to an activating group) is 1. The smallest absolute Gasteiger partial charge is 0.340 e. The third-order valence-electron chi connectivity index (χ3n) is 9.32. The van der Waals surface area contributed by atoms with Gasteiger partial charge in [0.05, 0.1) is 26.7 Å². The van der Waals surface area contributed by atoms with Gasteiger partial charge in [-0.05, 0) is 55.1 Å². The molecule has 3 aliphatic heterocycles. The summed E-state index contributed by atoms with van der Waals surface area (Å²) in [5.41, 5.74) is 0.882. The van der Waals surface area contributed by atoms with Crippen molar-refractivity contribution < 1.29 is 63.9 Å². The molecule has 15 nitrogen and oxygen atoms in total. The molecule has 0 saturated carbocycles. The Kier molecular flexibility index (Phi) is 9.27. The molecule has 3 aromatic carbocycles. The number of hydrogen-bond acceptors (Lipinski definition) is 14. The van der Waals surface area contributed by atoms with Crippen molar-refractivity contribution in [2.45, 2.75) is 48.3 Å². The molecule has 0 radical (unpaired) electrons. The van der Waals surface area contributed by atoms with Crippen LogP contribution in [-0.2, 0) is 16.1 Å². The van der Waals surface area contributed by atoms with Gasteiger partial charge < -0.3 is 69.7 Å². The molecule has 15 heteroatoms. The Labute approximate surface area is 281 Å². The van der Waals surface area contributed by atoms with Gasteiger partial charge in [-0.2, -0.15) is 0 Å². The summed E-state index contributed by atoms with van der Waals surface area (Å²) in [5, 5.41) is 69.6. The number of carboxylic acids is 1. The number of aromatic hydroxyl groups is 1. The van der Waals surface area contributed by atoms with Gasteiger partial charge in [-0.15, -0.1) is 0 Å². The molecule has 0 bridgehead atoms. The molecule has 1 saturated heterocycles. The summed E-state index contributed by atoms with van der Waals surface area (Å²) in [6, 6.07) is 11.3. The lowest BCUT2D eigenvalue weighted by Crippen LogP contribution is -2.76. The van der Waals surface area contributed by atoms with Crippen molar-refractivity contribution in [1.82, 2.24) is 10.6 Å². The number of carbonyl (C=O) groups is 1. The summed E-state index contributed by atoms with van der Waals surface area (Å²) < 4.78 is 36.3. The van der Waals surface area contributed by atoms with Crippen LogP contribution in [-0.4, -0.2) is 114 Å². The normalized spacial score (nSPS) is 28.4. The van der Waals surface area contributed by atoms with E-state index in [9.17, 15) is 35.4 Å². The number of aliphatic hydroxyl groups is 4. The third kappa shape index (κ3) is 5.47. The highest BCUT2D eigenvalue weighted by molar-refractivity contribution is 5.79. The fourth-order valence-electron chi connectivity index (χ4n) is 7.07. The number of benzene rings is 3. The largest absolute Gasteiger partial charge is 0.508 e. The minimum absolute atomic E-state index is 0.0301. The maximum atomic E-state index is 12.5. The van der Waals surface area contributed by atoms with Gasteiger partial charge in [0.25, 0.3) is 5.79 Å². The van der Waals surface area contributed by atoms with Crippen molar-refractivity contribution in [3.05, 3.63) is 59.2 Å². The van der Waals surface area contributed by atoms with Gasteiger partial charge in [0, 0.05) is 30.3 Å². The molecule has 1 fully saturated rings. The van der Waals surface area contributed by atoms with E-state index in [1.807, 2.05) is 13.1 Å². The van der Waals surface area contributed by atoms with Gasteiger partial charge in [-0.1, -0.05) is 12.1 Å². The molecule has 7 atom stereocenters. The lowest BCUT2D eigenvalue weighted by molar-refractivity contribution is -0.366. The van der Waals surface area contributed by atoms with E-state index in [0.717, 1.165) is 11.1 Å². The number of fused-ring (bicyclic) bond motifs is 5. The van der Waals surface area contributed by atoms with E-state index in [1.165, 1.54) is 32.4 Å². The van der Waals surface area contributed by atoms with Crippen molar-refractivity contribution in [3.8, 4) is 45.6 Å². The molecule has 3 aromatic rings. The van der Waals surface area contributed by atoms with E-state index in [0.29, 0.717) is 46.2 Å². The summed E-state index contributed by atoms with van der Waals surface area (Å²) >= 11 is 0. The molecule has 49 heavy (non-hydrogen) atoms. The molecule has 0 aromatic heterocycles. The van der Waals surface area contributed by atoms with Crippen molar-refractivity contribution in [2.75, 3.05) is 48.1 Å². The Morgan fingerprint density at radius 3 is 2.43 bits per heavy atom. The molecule has 0 spiro atoms. The van der Waals surface area contributed by atoms with Gasteiger partial charge in [0.1, 0.15) is 42.2 Å². The van der Waals surface area contributed by atoms with Gasteiger partial charge >= 0.3 is 5.97 Å². The SMILES string of the molecule is CNCc1cc(OC)c(OC)c2c1[C@@H]1COc3cc(O[C@]4(CO)O[C@](CNC)(C(=O)O)[C@@H](O)[C@H](O)[C@H]4O)cc(-c4cccc(O)c4)c3[C@@H]1O2. The van der Waals surface area contributed by atoms with E-state index in [2.05, 4.69) is 10.6 Å². The Morgan fingerprint density at radius 2 is 1.80 bits per heavy atom. The highest BCUT2D eigenvalue weighted by Crippen LogP contribution is 2.59. The number of phenolic OH excluding ortho intramolecular Hbond substituents is 1. The Hall–Kier alpha value is -4.35. The quantitative estimate of drug-likeness (QED) is 0.139. The molecule has 0 unspecified atom stereocenters. The first-order valence-corrected chi connectivity index (χ1v) is 15.6. The predicted octanol–water partition coefficient (Wildman–Crippen LogP) is 0.629. The van der Waals surface area contributed by atoms with Gasteiger partial charge in [-0.3, -0.25) is 0 Å². The fraction of sp³-hybridized carbons (Fsp3) is 0.441. The van der Waals surface area contributed by atoms with Crippen LogP contribution in [0, 0.1) is 0 Å². The van der Waals surface area contributed by atoms with Gasteiger partial charge in [0.2, 0.25) is 11.4 Å². The Bertz CT molecular complexity index is 1740. The maximum Gasteiger partial charge on any atom is 0.340 e. The second-order valence-electron chi connectivity index (χ2n) is 12.2. The summed E-state index contributed by atoms with van der Waals surface area (Å²) in [4.78, 5) is 12.5. The van der Waals surface area contributed by atoms with Crippen molar-refractivity contribution >= 4 is 5.97 Å². The van der Waals surface area contributed by atoms with Crippen LogP contribution in [0.5, 0.6) is 34.5 Å². The van der Waals surface area contributed by atoms with Crippen LogP contribution in [0.1, 0.15) is 28.7 Å². The summed E-state index contributed by atoms with van der Waals surface area (Å²) in [5.74, 6) is -2.89. The number of carboxylic acid groups (broad SMARTS) is 1. The number of rotatable bonds is 11. The zero-order valence-corrected chi connectivity index (χ0v) is 27.3. The van der Waals surface area contributed by atoms with Crippen LogP contribution in [0.25, 0.3) is 11.1 Å². The topological polar surface area (TPSA) is 218 Å².